The van der Waals surface area contributed by atoms with E-state index in [1.165, 1.54) is 38.2 Å². The molecule has 0 atom stereocenters. The van der Waals surface area contributed by atoms with Crippen LogP contribution in [0, 0.1) is 20.8 Å². The third kappa shape index (κ3) is 1.52. The second-order valence-electron chi connectivity index (χ2n) is 4.89. The Hall–Kier alpha value is -1.82. The lowest BCUT2D eigenvalue weighted by atomic mass is 9.95. The first-order valence-corrected chi connectivity index (χ1v) is 6.06. The topological polar surface area (TPSA) is 0 Å². The fraction of sp³-hybridized carbons (Fsp3) is 0.176. The lowest BCUT2D eigenvalue weighted by Crippen LogP contribution is -1.85. The lowest BCUT2D eigenvalue weighted by Gasteiger charge is -2.09. The molecule has 0 fully saturated rings. The Morgan fingerprint density at radius 2 is 1.18 bits per heavy atom. The van der Waals surface area contributed by atoms with Gasteiger partial charge < -0.3 is 0 Å². The van der Waals surface area contributed by atoms with E-state index in [0.717, 1.165) is 0 Å². The van der Waals surface area contributed by atoms with Crippen molar-refractivity contribution in [1.29, 1.82) is 0 Å². The molecule has 0 amide bonds. The van der Waals surface area contributed by atoms with E-state index in [9.17, 15) is 0 Å². The summed E-state index contributed by atoms with van der Waals surface area (Å²) in [6.45, 7) is 6.55. The fourth-order valence-electron chi connectivity index (χ4n) is 2.56. The summed E-state index contributed by atoms with van der Waals surface area (Å²) < 4.78 is 0. The van der Waals surface area contributed by atoms with Crippen LogP contribution in [0.3, 0.4) is 0 Å². The predicted molar refractivity (Wildman–Crippen MR) is 75.7 cm³/mol. The quantitative estimate of drug-likeness (QED) is 0.472. The Labute approximate surface area is 102 Å². The van der Waals surface area contributed by atoms with Crippen LogP contribution in [0.1, 0.15) is 16.7 Å². The van der Waals surface area contributed by atoms with Crippen molar-refractivity contribution >= 4 is 21.5 Å². The van der Waals surface area contributed by atoms with Gasteiger partial charge in [-0.05, 0) is 71.1 Å². The molecule has 3 rings (SSSR count). The molecule has 0 aromatic heterocycles. The molecule has 0 unspecified atom stereocenters. The molecule has 0 heteroatoms. The lowest BCUT2D eigenvalue weighted by molar-refractivity contribution is 1.46. The van der Waals surface area contributed by atoms with E-state index < -0.39 is 0 Å². The van der Waals surface area contributed by atoms with Crippen LogP contribution >= 0.6 is 0 Å². The molecule has 3 aromatic rings. The molecular weight excluding hydrogens is 204 g/mol. The van der Waals surface area contributed by atoms with Gasteiger partial charge in [0, 0.05) is 0 Å². The van der Waals surface area contributed by atoms with E-state index in [2.05, 4.69) is 63.2 Å². The molecule has 0 nitrogen and oxygen atoms in total. The monoisotopic (exact) mass is 220 g/mol. The number of hydrogen-bond donors (Lipinski definition) is 0. The first-order valence-electron chi connectivity index (χ1n) is 6.06. The Kier molecular flexibility index (Phi) is 2.19. The molecule has 0 aliphatic heterocycles. The van der Waals surface area contributed by atoms with Gasteiger partial charge in [0.25, 0.3) is 0 Å². The summed E-state index contributed by atoms with van der Waals surface area (Å²) in [6, 6.07) is 15.6. The van der Waals surface area contributed by atoms with Crippen molar-refractivity contribution in [2.24, 2.45) is 0 Å². The molecule has 0 saturated carbocycles. The SMILES string of the molecule is Cc1cccc2cc3c(C)ccc(C)c3cc12. The van der Waals surface area contributed by atoms with Gasteiger partial charge in [0.05, 0.1) is 0 Å². The third-order valence-electron chi connectivity index (χ3n) is 3.67. The van der Waals surface area contributed by atoms with Crippen molar-refractivity contribution in [1.82, 2.24) is 0 Å². The first-order chi connectivity index (χ1) is 8.16. The summed E-state index contributed by atoms with van der Waals surface area (Å²) in [5.74, 6) is 0. The minimum atomic E-state index is 1.34. The summed E-state index contributed by atoms with van der Waals surface area (Å²) in [7, 11) is 0. The number of benzene rings is 3. The van der Waals surface area contributed by atoms with Crippen molar-refractivity contribution in [3.05, 3.63) is 59.2 Å². The zero-order valence-corrected chi connectivity index (χ0v) is 10.5. The summed E-state index contributed by atoms with van der Waals surface area (Å²) in [6.07, 6.45) is 0. The third-order valence-corrected chi connectivity index (χ3v) is 3.67. The summed E-state index contributed by atoms with van der Waals surface area (Å²) >= 11 is 0. The molecular formula is C17H16. The zero-order valence-electron chi connectivity index (χ0n) is 10.5. The summed E-state index contributed by atoms with van der Waals surface area (Å²) in [5, 5.41) is 5.47. The molecule has 0 bridgehead atoms. The van der Waals surface area contributed by atoms with Crippen molar-refractivity contribution < 1.29 is 0 Å². The van der Waals surface area contributed by atoms with Gasteiger partial charge in [-0.25, -0.2) is 0 Å². The van der Waals surface area contributed by atoms with E-state index in [-0.39, 0.29) is 0 Å². The number of aryl methyl sites for hydroxylation is 3. The maximum atomic E-state index is 2.34. The van der Waals surface area contributed by atoms with Crippen LogP contribution in [0.25, 0.3) is 21.5 Å². The van der Waals surface area contributed by atoms with Crippen LogP contribution in [0.15, 0.2) is 42.5 Å². The van der Waals surface area contributed by atoms with Crippen molar-refractivity contribution in [3.63, 3.8) is 0 Å². The highest BCUT2D eigenvalue weighted by Crippen LogP contribution is 2.29. The van der Waals surface area contributed by atoms with Crippen LogP contribution in [0.5, 0.6) is 0 Å². The largest absolute Gasteiger partial charge is 0.0614 e. The highest BCUT2D eigenvalue weighted by atomic mass is 14.1. The summed E-state index contributed by atoms with van der Waals surface area (Å²) in [5.41, 5.74) is 4.06. The molecule has 84 valence electrons. The Balaban J connectivity index is 2.57. The standard InChI is InChI=1S/C17H16/c1-11-5-4-6-14-9-16-12(2)7-8-13(3)17(16)10-15(11)14/h4-10H,1-3H3. The van der Waals surface area contributed by atoms with Crippen LogP contribution < -0.4 is 0 Å². The second-order valence-corrected chi connectivity index (χ2v) is 4.89. The van der Waals surface area contributed by atoms with Gasteiger partial charge in [-0.3, -0.25) is 0 Å². The average molecular weight is 220 g/mol. The molecule has 0 radical (unpaired) electrons. The highest BCUT2D eigenvalue weighted by Gasteiger charge is 2.04. The van der Waals surface area contributed by atoms with Gasteiger partial charge in [-0.1, -0.05) is 30.3 Å². The molecule has 0 saturated heterocycles. The molecule has 17 heavy (non-hydrogen) atoms. The number of fused-ring (bicyclic) bond motifs is 2. The average Bonchev–Trinajstić information content (AvgIpc) is 2.33. The van der Waals surface area contributed by atoms with Gasteiger partial charge in [0.2, 0.25) is 0 Å². The zero-order chi connectivity index (χ0) is 12.0. The highest BCUT2D eigenvalue weighted by molar-refractivity contribution is 6.02. The fourth-order valence-corrected chi connectivity index (χ4v) is 2.56. The van der Waals surface area contributed by atoms with Gasteiger partial charge in [0.1, 0.15) is 0 Å². The van der Waals surface area contributed by atoms with E-state index in [1.807, 2.05) is 0 Å². The maximum Gasteiger partial charge on any atom is -0.0146 e. The second kappa shape index (κ2) is 3.59. The maximum absolute atomic E-state index is 2.34. The number of rotatable bonds is 0. The van der Waals surface area contributed by atoms with E-state index in [1.54, 1.807) is 0 Å². The van der Waals surface area contributed by atoms with E-state index >= 15 is 0 Å². The minimum absolute atomic E-state index is 1.34. The van der Waals surface area contributed by atoms with Crippen molar-refractivity contribution in [3.8, 4) is 0 Å². The van der Waals surface area contributed by atoms with E-state index in [0.29, 0.717) is 0 Å². The Morgan fingerprint density at radius 3 is 1.88 bits per heavy atom. The molecule has 0 N–H and O–H groups in total. The molecule has 0 aliphatic rings. The summed E-state index contributed by atoms with van der Waals surface area (Å²) in [4.78, 5) is 0. The van der Waals surface area contributed by atoms with Gasteiger partial charge >= 0.3 is 0 Å². The smallest absolute Gasteiger partial charge is 0.0146 e. The van der Waals surface area contributed by atoms with E-state index in [4.69, 9.17) is 0 Å². The molecule has 0 spiro atoms. The molecule has 0 aliphatic carbocycles. The van der Waals surface area contributed by atoms with Crippen molar-refractivity contribution in [2.45, 2.75) is 20.8 Å². The van der Waals surface area contributed by atoms with Crippen LogP contribution in [0.4, 0.5) is 0 Å². The molecule has 3 aromatic carbocycles. The normalized spacial score (nSPS) is 11.2. The molecule has 0 heterocycles. The predicted octanol–water partition coefficient (Wildman–Crippen LogP) is 4.92. The van der Waals surface area contributed by atoms with Crippen LogP contribution in [0.2, 0.25) is 0 Å². The first kappa shape index (κ1) is 10.3. The Morgan fingerprint density at radius 1 is 0.588 bits per heavy atom. The minimum Gasteiger partial charge on any atom is -0.0614 e. The van der Waals surface area contributed by atoms with Gasteiger partial charge in [-0.15, -0.1) is 0 Å². The van der Waals surface area contributed by atoms with Gasteiger partial charge in [-0.2, -0.15) is 0 Å². The van der Waals surface area contributed by atoms with Gasteiger partial charge in [0.15, 0.2) is 0 Å². The van der Waals surface area contributed by atoms with Crippen LogP contribution in [-0.2, 0) is 0 Å². The Bertz CT molecular complexity index is 721. The number of hydrogen-bond acceptors (Lipinski definition) is 0. The van der Waals surface area contributed by atoms with Crippen molar-refractivity contribution in [2.75, 3.05) is 0 Å². The van der Waals surface area contributed by atoms with Crippen LogP contribution in [-0.4, -0.2) is 0 Å².